The number of azo groups is 1. The van der Waals surface area contributed by atoms with E-state index in [1.165, 1.54) is 30.8 Å². The van der Waals surface area contributed by atoms with Crippen molar-refractivity contribution >= 4 is 56.9 Å². The van der Waals surface area contributed by atoms with E-state index in [-0.39, 0.29) is 22.7 Å². The van der Waals surface area contributed by atoms with Crippen molar-refractivity contribution in [2.24, 2.45) is 10.2 Å². The number of anilines is 5. The molecule has 0 aliphatic rings. The van der Waals surface area contributed by atoms with Gasteiger partial charge in [-0.05, 0) is 73.7 Å². The van der Waals surface area contributed by atoms with E-state index in [4.69, 9.17) is 11.5 Å². The van der Waals surface area contributed by atoms with E-state index in [2.05, 4.69) is 20.9 Å². The van der Waals surface area contributed by atoms with Crippen molar-refractivity contribution in [1.82, 2.24) is 0 Å². The van der Waals surface area contributed by atoms with Gasteiger partial charge in [0.15, 0.2) is 0 Å². The van der Waals surface area contributed by atoms with Crippen LogP contribution < -0.4 is 22.1 Å². The van der Waals surface area contributed by atoms with Gasteiger partial charge in [-0.1, -0.05) is 35.9 Å². The molecule has 0 fully saturated rings. The quantitative estimate of drug-likeness (QED) is 0.0548. The minimum absolute atomic E-state index is 0.0335. The zero-order valence-electron chi connectivity index (χ0n) is 25.3. The lowest BCUT2D eigenvalue weighted by atomic mass is 10.2. The van der Waals surface area contributed by atoms with Crippen LogP contribution in [0.5, 0.6) is 0 Å². The Hall–Kier alpha value is -6.90. The Morgan fingerprint density at radius 3 is 1.64 bits per heavy atom. The van der Waals surface area contributed by atoms with Crippen molar-refractivity contribution in [2.75, 3.05) is 29.1 Å². The Morgan fingerprint density at radius 2 is 1.11 bits per heavy atom. The molecule has 5 rings (SSSR count). The van der Waals surface area contributed by atoms with E-state index < -0.39 is 14.8 Å². The number of aryl methyl sites for hydroxylation is 1. The molecule has 15 heteroatoms. The Morgan fingerprint density at radius 1 is 0.596 bits per heavy atom. The van der Waals surface area contributed by atoms with E-state index in [9.17, 15) is 30.3 Å². The van der Waals surface area contributed by atoms with Crippen LogP contribution >= 0.6 is 0 Å². The lowest BCUT2D eigenvalue weighted by molar-refractivity contribution is -0.393. The minimum atomic E-state index is -0.674. The van der Waals surface area contributed by atoms with Gasteiger partial charge in [0.1, 0.15) is 11.4 Å². The lowest BCUT2D eigenvalue weighted by Crippen LogP contribution is -1.98. The third-order valence-corrected chi connectivity index (χ3v) is 6.14. The van der Waals surface area contributed by atoms with E-state index in [1.807, 2.05) is 85.8 Å². The summed E-state index contributed by atoms with van der Waals surface area (Å²) in [6, 6.07) is 32.4. The lowest BCUT2D eigenvalue weighted by Gasteiger charge is -2.07. The van der Waals surface area contributed by atoms with Gasteiger partial charge in [-0.15, -0.1) is 0 Å². The van der Waals surface area contributed by atoms with Gasteiger partial charge >= 0.3 is 0 Å². The number of nitrogen functional groups attached to an aromatic ring is 2. The fraction of sp³-hybridized carbons (Fsp3) is 0.0625. The van der Waals surface area contributed by atoms with Crippen LogP contribution in [0.4, 0.5) is 56.9 Å². The first-order valence-electron chi connectivity index (χ1n) is 13.8. The summed E-state index contributed by atoms with van der Waals surface area (Å²) >= 11 is 0. The number of nitrogens with two attached hydrogens (primary N) is 2. The smallest absolute Gasteiger partial charge is 0.299 e. The number of non-ortho nitro benzene ring substituents is 1. The number of nitrogens with one attached hydrogen (secondary N) is 2. The third kappa shape index (κ3) is 11.0. The molecule has 5 aromatic carbocycles. The fourth-order valence-electron chi connectivity index (χ4n) is 3.75. The number of hydrogen-bond acceptors (Lipinski definition) is 12. The van der Waals surface area contributed by atoms with Crippen LogP contribution in [0.3, 0.4) is 0 Å². The highest BCUT2D eigenvalue weighted by Crippen LogP contribution is 2.30. The van der Waals surface area contributed by atoms with E-state index in [0.29, 0.717) is 11.4 Å². The second-order valence-corrected chi connectivity index (χ2v) is 9.62. The SMILES string of the molecule is CNc1ccc([N+](=O)[O-])cc1[N+](=O)[O-].Cc1ccc(N=Nc2ccc(N)cc2)cc1.Nc1ccc(Nc2ccccc2)c([N+](=O)[O-])c1. The van der Waals surface area contributed by atoms with Crippen molar-refractivity contribution in [2.45, 2.75) is 6.92 Å². The molecule has 0 unspecified atom stereocenters. The summed E-state index contributed by atoms with van der Waals surface area (Å²) in [5.41, 5.74) is 15.9. The Bertz CT molecular complexity index is 1800. The van der Waals surface area contributed by atoms with Crippen molar-refractivity contribution < 1.29 is 14.8 Å². The van der Waals surface area contributed by atoms with E-state index >= 15 is 0 Å². The maximum Gasteiger partial charge on any atom is 0.299 e. The monoisotopic (exact) mass is 637 g/mol. The number of hydrogen-bond donors (Lipinski definition) is 4. The topological polar surface area (TPSA) is 230 Å². The summed E-state index contributed by atoms with van der Waals surface area (Å²) in [6.45, 7) is 2.04. The molecule has 0 aliphatic carbocycles. The van der Waals surface area contributed by atoms with Crippen LogP contribution in [-0.4, -0.2) is 21.8 Å². The first-order chi connectivity index (χ1) is 22.5. The van der Waals surface area contributed by atoms with Crippen LogP contribution in [0.25, 0.3) is 0 Å². The highest BCUT2D eigenvalue weighted by Gasteiger charge is 2.18. The van der Waals surface area contributed by atoms with Gasteiger partial charge in [0, 0.05) is 36.2 Å². The van der Waals surface area contributed by atoms with Crippen molar-refractivity contribution in [1.29, 1.82) is 0 Å². The second kappa shape index (κ2) is 16.8. The number of nitrogens with zero attached hydrogens (tertiary/aromatic N) is 5. The largest absolute Gasteiger partial charge is 0.399 e. The van der Waals surface area contributed by atoms with E-state index in [1.54, 1.807) is 12.1 Å². The summed E-state index contributed by atoms with van der Waals surface area (Å²) in [5.74, 6) is 0. The number of para-hydroxylation sites is 1. The Labute approximate surface area is 269 Å². The molecule has 0 amide bonds. The third-order valence-electron chi connectivity index (χ3n) is 6.14. The highest BCUT2D eigenvalue weighted by molar-refractivity contribution is 5.72. The van der Waals surface area contributed by atoms with Gasteiger partial charge in [0.05, 0.1) is 32.2 Å². The molecule has 0 heterocycles. The molecule has 0 radical (unpaired) electrons. The number of rotatable bonds is 8. The molecule has 0 saturated carbocycles. The molecule has 5 aromatic rings. The maximum atomic E-state index is 10.9. The maximum absolute atomic E-state index is 10.9. The first kappa shape index (κ1) is 34.6. The summed E-state index contributed by atoms with van der Waals surface area (Å²) in [4.78, 5) is 29.9. The molecule has 0 aromatic heterocycles. The van der Waals surface area contributed by atoms with Crippen molar-refractivity contribution in [3.63, 3.8) is 0 Å². The molecule has 240 valence electrons. The van der Waals surface area contributed by atoms with Crippen LogP contribution in [0, 0.1) is 37.3 Å². The molecular formula is C32H31N9O6. The second-order valence-electron chi connectivity index (χ2n) is 9.62. The zero-order valence-corrected chi connectivity index (χ0v) is 25.3. The van der Waals surface area contributed by atoms with Gasteiger partial charge in [-0.25, -0.2) is 0 Å². The standard InChI is InChI=1S/C13H13N3.C12H11N3O2.C7H7N3O4/c1-10-2-6-12(7-3-10)15-16-13-8-4-11(14)5-9-13;13-9-6-7-11(12(8-9)15(16)17)14-10-4-2-1-3-5-10;1-8-6-3-2-5(9(11)12)4-7(6)10(13)14/h2-9H,14H2,1H3;1-8,14H,13H2;2-4,8H,1H3. The van der Waals surface area contributed by atoms with Gasteiger partial charge in [0.2, 0.25) is 0 Å². The highest BCUT2D eigenvalue weighted by atomic mass is 16.6. The molecule has 0 spiro atoms. The van der Waals surface area contributed by atoms with Gasteiger partial charge < -0.3 is 22.1 Å². The molecule has 15 nitrogen and oxygen atoms in total. The first-order valence-corrected chi connectivity index (χ1v) is 13.8. The normalized spacial score (nSPS) is 10.1. The van der Waals surface area contributed by atoms with Gasteiger partial charge in [-0.3, -0.25) is 30.3 Å². The fourth-order valence-corrected chi connectivity index (χ4v) is 3.75. The Kier molecular flexibility index (Phi) is 12.4. The average Bonchev–Trinajstić information content (AvgIpc) is 3.06. The summed E-state index contributed by atoms with van der Waals surface area (Å²) in [6.07, 6.45) is 0. The van der Waals surface area contributed by atoms with Crippen LogP contribution in [0.15, 0.2) is 125 Å². The van der Waals surface area contributed by atoms with E-state index in [0.717, 1.165) is 28.8 Å². The minimum Gasteiger partial charge on any atom is -0.399 e. The van der Waals surface area contributed by atoms with Gasteiger partial charge in [0.25, 0.3) is 17.1 Å². The summed E-state index contributed by atoms with van der Waals surface area (Å²) < 4.78 is 0. The Balaban J connectivity index is 0.000000193. The van der Waals surface area contributed by atoms with Crippen molar-refractivity contribution in [3.8, 4) is 0 Å². The number of nitro benzene ring substituents is 3. The summed E-state index contributed by atoms with van der Waals surface area (Å²) in [7, 11) is 1.51. The predicted molar refractivity (Wildman–Crippen MR) is 183 cm³/mol. The zero-order chi connectivity index (χ0) is 34.3. The average molecular weight is 638 g/mol. The van der Waals surface area contributed by atoms with Gasteiger partial charge in [-0.2, -0.15) is 10.2 Å². The predicted octanol–water partition coefficient (Wildman–Crippen LogP) is 8.46. The van der Waals surface area contributed by atoms with Crippen LogP contribution in [-0.2, 0) is 0 Å². The number of benzene rings is 5. The molecule has 0 saturated heterocycles. The number of nitro groups is 3. The molecule has 0 bridgehead atoms. The van der Waals surface area contributed by atoms with Crippen LogP contribution in [0.2, 0.25) is 0 Å². The van der Waals surface area contributed by atoms with Crippen molar-refractivity contribution in [3.05, 3.63) is 151 Å². The molecule has 0 aliphatic heterocycles. The summed E-state index contributed by atoms with van der Waals surface area (Å²) in [5, 5.41) is 45.5. The molecule has 0 atom stereocenters. The van der Waals surface area contributed by atoms with Crippen LogP contribution in [0.1, 0.15) is 5.56 Å². The molecule has 6 N–H and O–H groups in total. The molecular weight excluding hydrogens is 606 g/mol. The molecule has 47 heavy (non-hydrogen) atoms.